The number of nitrogens with zero attached hydrogens (tertiary/aromatic N) is 3. The molecule has 0 saturated carbocycles. The van der Waals surface area contributed by atoms with Crippen LogP contribution in [-0.2, 0) is 0 Å². The summed E-state index contributed by atoms with van der Waals surface area (Å²) in [4.78, 5) is 5.47. The molecule has 0 saturated heterocycles. The van der Waals surface area contributed by atoms with Gasteiger partial charge < -0.3 is 18.0 Å². The number of aromatic nitrogens is 3. The molecule has 64 heavy (non-hydrogen) atoms. The van der Waals surface area contributed by atoms with Crippen molar-refractivity contribution in [3.8, 4) is 45.0 Å². The van der Waals surface area contributed by atoms with E-state index in [2.05, 4.69) is 197 Å². The van der Waals surface area contributed by atoms with Gasteiger partial charge in [-0.2, -0.15) is 0 Å². The zero-order chi connectivity index (χ0) is 41.9. The molecular formula is C59H35N3O2. The summed E-state index contributed by atoms with van der Waals surface area (Å²) in [7, 11) is 0. The molecule has 0 aliphatic heterocycles. The van der Waals surface area contributed by atoms with Crippen molar-refractivity contribution in [3.05, 3.63) is 212 Å². The lowest BCUT2D eigenvalue weighted by Crippen LogP contribution is -1.98. The molecule has 0 atom stereocenters. The Balaban J connectivity index is 1.04. The zero-order valence-electron chi connectivity index (χ0n) is 34.4. The van der Waals surface area contributed by atoms with Crippen molar-refractivity contribution in [1.29, 1.82) is 0 Å². The van der Waals surface area contributed by atoms with Crippen LogP contribution in [0.1, 0.15) is 0 Å². The maximum absolute atomic E-state index is 6.27. The highest BCUT2D eigenvalue weighted by atomic mass is 16.3. The molecule has 0 bridgehead atoms. The Hall–Kier alpha value is -8.67. The SMILES string of the molecule is c1ccc(-c2cccc(-n3c4ccccc4c4c5c6ccccc6n(-c6cc(-c7ccc8oc9ccccc9c8c7)nc(-c7ccc8oc9ccccc9c8c7)c6)c5ccc43)c2)cc1. The van der Waals surface area contributed by atoms with Crippen LogP contribution >= 0.6 is 0 Å². The van der Waals surface area contributed by atoms with Gasteiger partial charge in [-0.1, -0.05) is 115 Å². The second-order valence-corrected chi connectivity index (χ2v) is 16.7. The van der Waals surface area contributed by atoms with Crippen LogP contribution in [0.5, 0.6) is 0 Å². The minimum Gasteiger partial charge on any atom is -0.456 e. The van der Waals surface area contributed by atoms with Crippen LogP contribution in [0.3, 0.4) is 0 Å². The number of benzene rings is 9. The van der Waals surface area contributed by atoms with Gasteiger partial charge in [-0.25, -0.2) is 4.98 Å². The summed E-state index contributed by atoms with van der Waals surface area (Å²) >= 11 is 0. The van der Waals surface area contributed by atoms with E-state index in [4.69, 9.17) is 13.8 Å². The lowest BCUT2D eigenvalue weighted by molar-refractivity contribution is 0.668. The van der Waals surface area contributed by atoms with E-state index in [0.717, 1.165) is 88.8 Å². The molecule has 14 aromatic rings. The molecule has 0 spiro atoms. The second kappa shape index (κ2) is 13.4. The van der Waals surface area contributed by atoms with Crippen molar-refractivity contribution in [2.45, 2.75) is 0 Å². The summed E-state index contributed by atoms with van der Waals surface area (Å²) < 4.78 is 17.4. The average molecular weight is 818 g/mol. The molecule has 0 fully saturated rings. The van der Waals surface area contributed by atoms with Crippen LogP contribution < -0.4 is 0 Å². The van der Waals surface area contributed by atoms with E-state index >= 15 is 0 Å². The van der Waals surface area contributed by atoms with Gasteiger partial charge in [0.15, 0.2) is 0 Å². The van der Waals surface area contributed by atoms with Crippen LogP contribution in [0.4, 0.5) is 0 Å². The number of hydrogen-bond donors (Lipinski definition) is 0. The minimum atomic E-state index is 0.857. The van der Waals surface area contributed by atoms with Gasteiger partial charge in [-0.15, -0.1) is 0 Å². The first-order valence-corrected chi connectivity index (χ1v) is 21.7. The Kier molecular flexibility index (Phi) is 7.33. The highest BCUT2D eigenvalue weighted by Gasteiger charge is 2.22. The van der Waals surface area contributed by atoms with Crippen LogP contribution in [0.25, 0.3) is 133 Å². The van der Waals surface area contributed by atoms with E-state index in [-0.39, 0.29) is 0 Å². The molecule has 298 valence electrons. The van der Waals surface area contributed by atoms with Crippen molar-refractivity contribution >= 4 is 87.5 Å². The summed E-state index contributed by atoms with van der Waals surface area (Å²) in [5.74, 6) is 0. The Morgan fingerprint density at radius 3 is 1.33 bits per heavy atom. The van der Waals surface area contributed by atoms with Crippen molar-refractivity contribution < 1.29 is 8.83 Å². The average Bonchev–Trinajstić information content (AvgIpc) is 4.11. The summed E-state index contributed by atoms with van der Waals surface area (Å²) in [5, 5.41) is 9.18. The lowest BCUT2D eigenvalue weighted by atomic mass is 10.0. The van der Waals surface area contributed by atoms with E-state index in [9.17, 15) is 0 Å². The zero-order valence-corrected chi connectivity index (χ0v) is 34.4. The van der Waals surface area contributed by atoms with Crippen molar-refractivity contribution in [1.82, 2.24) is 14.1 Å². The largest absolute Gasteiger partial charge is 0.456 e. The molecule has 14 rings (SSSR count). The number of hydrogen-bond acceptors (Lipinski definition) is 3. The van der Waals surface area contributed by atoms with Gasteiger partial charge in [0, 0.05) is 59.9 Å². The number of pyridine rings is 1. The van der Waals surface area contributed by atoms with Gasteiger partial charge in [-0.05, 0) is 108 Å². The summed E-state index contributed by atoms with van der Waals surface area (Å²) in [5.41, 5.74) is 16.4. The van der Waals surface area contributed by atoms with E-state index in [1.807, 2.05) is 24.3 Å². The number of furan rings is 2. The molecular weight excluding hydrogens is 783 g/mol. The van der Waals surface area contributed by atoms with Gasteiger partial charge in [0.25, 0.3) is 0 Å². The van der Waals surface area contributed by atoms with Crippen molar-refractivity contribution in [2.75, 3.05) is 0 Å². The topological polar surface area (TPSA) is 49.0 Å². The van der Waals surface area contributed by atoms with Gasteiger partial charge in [0.2, 0.25) is 0 Å². The summed E-state index contributed by atoms with van der Waals surface area (Å²) in [6.07, 6.45) is 0. The number of fused-ring (bicyclic) bond motifs is 13. The molecule has 0 aliphatic carbocycles. The normalized spacial score (nSPS) is 12.1. The monoisotopic (exact) mass is 817 g/mol. The predicted molar refractivity (Wildman–Crippen MR) is 264 cm³/mol. The van der Waals surface area contributed by atoms with Crippen LogP contribution in [0.2, 0.25) is 0 Å². The fraction of sp³-hybridized carbons (Fsp3) is 0. The number of para-hydroxylation sites is 4. The van der Waals surface area contributed by atoms with Gasteiger partial charge in [0.1, 0.15) is 22.3 Å². The van der Waals surface area contributed by atoms with E-state index < -0.39 is 0 Å². The quantitative estimate of drug-likeness (QED) is 0.174. The van der Waals surface area contributed by atoms with Crippen LogP contribution in [0, 0.1) is 0 Å². The Morgan fingerprint density at radius 2 is 0.750 bits per heavy atom. The minimum absolute atomic E-state index is 0.857. The third-order valence-electron chi connectivity index (χ3n) is 13.1. The molecule has 0 amide bonds. The first-order valence-electron chi connectivity index (χ1n) is 21.7. The molecule has 9 aromatic carbocycles. The summed E-state index contributed by atoms with van der Waals surface area (Å²) in [6, 6.07) is 75.6. The Morgan fingerprint density at radius 1 is 0.281 bits per heavy atom. The summed E-state index contributed by atoms with van der Waals surface area (Å²) in [6.45, 7) is 0. The third-order valence-corrected chi connectivity index (χ3v) is 13.1. The second-order valence-electron chi connectivity index (χ2n) is 16.7. The third kappa shape index (κ3) is 5.15. The predicted octanol–water partition coefficient (Wildman–Crippen LogP) is 16.1. The first kappa shape index (κ1) is 35.0. The molecule has 0 unspecified atom stereocenters. The highest BCUT2D eigenvalue weighted by Crippen LogP contribution is 2.44. The molecule has 0 radical (unpaired) electrons. The first-order chi connectivity index (χ1) is 31.7. The van der Waals surface area contributed by atoms with E-state index in [0.29, 0.717) is 0 Å². The maximum atomic E-state index is 6.27. The fourth-order valence-electron chi connectivity index (χ4n) is 10.2. The molecule has 0 aliphatic rings. The van der Waals surface area contributed by atoms with Crippen LogP contribution in [-0.4, -0.2) is 14.1 Å². The van der Waals surface area contributed by atoms with E-state index in [1.165, 1.54) is 43.7 Å². The smallest absolute Gasteiger partial charge is 0.135 e. The molecule has 5 nitrogen and oxygen atoms in total. The lowest BCUT2D eigenvalue weighted by Gasteiger charge is -2.14. The molecule has 0 N–H and O–H groups in total. The fourth-order valence-corrected chi connectivity index (χ4v) is 10.2. The van der Waals surface area contributed by atoms with Crippen molar-refractivity contribution in [2.24, 2.45) is 0 Å². The van der Waals surface area contributed by atoms with Gasteiger partial charge in [-0.3, -0.25) is 0 Å². The Labute approximate surface area is 366 Å². The van der Waals surface area contributed by atoms with Crippen LogP contribution in [0.15, 0.2) is 221 Å². The van der Waals surface area contributed by atoms with Gasteiger partial charge >= 0.3 is 0 Å². The maximum Gasteiger partial charge on any atom is 0.135 e. The van der Waals surface area contributed by atoms with E-state index in [1.54, 1.807) is 0 Å². The van der Waals surface area contributed by atoms with Crippen molar-refractivity contribution in [3.63, 3.8) is 0 Å². The molecule has 5 heterocycles. The number of rotatable bonds is 5. The molecule has 5 aromatic heterocycles. The standard InChI is InChI=1S/C59H35N3O2/c1-2-13-36(14-3-1)37-15-12-16-40(31-37)61-50-21-8-4-19-44(50)58-52(61)27-28-53-59(58)45-20-5-9-22-51(45)62(53)41-34-48(38-25-29-56-46(32-38)42-17-6-10-23-54(42)63-56)60-49(35-41)39-26-30-57-47(33-39)43-18-7-11-24-55(43)64-57/h1-35H. The highest BCUT2D eigenvalue weighted by molar-refractivity contribution is 6.29. The molecule has 5 heteroatoms. The Bertz CT molecular complexity index is 4070. The van der Waals surface area contributed by atoms with Gasteiger partial charge in [0.05, 0.1) is 39.1 Å².